The Balaban J connectivity index is 1.36. The fourth-order valence-corrected chi connectivity index (χ4v) is 3.26. The maximum Gasteiger partial charge on any atom is 0.225 e. The van der Waals surface area contributed by atoms with Crippen molar-refractivity contribution in [3.05, 3.63) is 30.1 Å². The molecule has 1 aromatic rings. The van der Waals surface area contributed by atoms with E-state index in [1.54, 1.807) is 12.1 Å². The van der Waals surface area contributed by atoms with E-state index >= 15 is 0 Å². The van der Waals surface area contributed by atoms with Crippen molar-refractivity contribution in [1.29, 1.82) is 0 Å². The Kier molecular flexibility index (Phi) is 4.96. The summed E-state index contributed by atoms with van der Waals surface area (Å²) in [7, 11) is 0. The van der Waals surface area contributed by atoms with Gasteiger partial charge in [-0.1, -0.05) is 12.5 Å². The van der Waals surface area contributed by atoms with E-state index in [1.807, 2.05) is 4.90 Å². The number of amides is 1. The molecule has 3 rings (SSSR count). The van der Waals surface area contributed by atoms with Crippen molar-refractivity contribution in [2.24, 2.45) is 11.8 Å². The molecule has 0 aromatic heterocycles. The highest BCUT2D eigenvalue weighted by atomic mass is 19.1. The monoisotopic (exact) mass is 305 g/mol. The Labute approximate surface area is 131 Å². The van der Waals surface area contributed by atoms with Gasteiger partial charge in [0.1, 0.15) is 11.6 Å². The molecule has 1 amide bonds. The zero-order chi connectivity index (χ0) is 15.4. The zero-order valence-electron chi connectivity index (χ0n) is 13.0. The molecular formula is C18H24FNO2. The molecule has 0 atom stereocenters. The molecular weight excluding hydrogens is 281 g/mol. The molecule has 0 N–H and O–H groups in total. The zero-order valence-corrected chi connectivity index (χ0v) is 13.0. The SMILES string of the molecule is O=C(C1CCC1)N1CCC(CCOc2cccc(F)c2)CC1. The maximum atomic E-state index is 13.0. The third-order valence-corrected chi connectivity index (χ3v) is 4.97. The Morgan fingerprint density at radius 2 is 2.00 bits per heavy atom. The van der Waals surface area contributed by atoms with Gasteiger partial charge in [0.05, 0.1) is 6.61 Å². The lowest BCUT2D eigenvalue weighted by molar-refractivity contribution is -0.139. The third-order valence-electron chi connectivity index (χ3n) is 4.97. The molecule has 1 saturated heterocycles. The van der Waals surface area contributed by atoms with Crippen LogP contribution in [0.2, 0.25) is 0 Å². The van der Waals surface area contributed by atoms with Crippen molar-refractivity contribution < 1.29 is 13.9 Å². The highest BCUT2D eigenvalue weighted by Crippen LogP contribution is 2.30. The van der Waals surface area contributed by atoms with Crippen LogP contribution in [-0.4, -0.2) is 30.5 Å². The molecule has 0 spiro atoms. The van der Waals surface area contributed by atoms with E-state index in [9.17, 15) is 9.18 Å². The van der Waals surface area contributed by atoms with Gasteiger partial charge in [-0.2, -0.15) is 0 Å². The molecule has 1 aliphatic carbocycles. The molecule has 3 nitrogen and oxygen atoms in total. The van der Waals surface area contributed by atoms with Gasteiger partial charge in [-0.05, 0) is 50.2 Å². The number of hydrogen-bond donors (Lipinski definition) is 0. The van der Waals surface area contributed by atoms with Crippen LogP contribution in [0, 0.1) is 17.7 Å². The molecule has 0 radical (unpaired) electrons. The molecule has 1 aliphatic heterocycles. The minimum atomic E-state index is -0.264. The minimum Gasteiger partial charge on any atom is -0.493 e. The van der Waals surface area contributed by atoms with Crippen LogP contribution < -0.4 is 4.74 Å². The van der Waals surface area contributed by atoms with E-state index in [0.717, 1.165) is 45.2 Å². The molecule has 2 fully saturated rings. The van der Waals surface area contributed by atoms with Gasteiger partial charge in [-0.25, -0.2) is 4.39 Å². The Hall–Kier alpha value is -1.58. The molecule has 120 valence electrons. The number of benzene rings is 1. The number of likely N-dealkylation sites (tertiary alicyclic amines) is 1. The number of carbonyl (C=O) groups excluding carboxylic acids is 1. The first-order valence-electron chi connectivity index (χ1n) is 8.39. The largest absolute Gasteiger partial charge is 0.493 e. The van der Waals surface area contributed by atoms with E-state index in [-0.39, 0.29) is 5.82 Å². The Bertz CT molecular complexity index is 508. The van der Waals surface area contributed by atoms with Crippen LogP contribution >= 0.6 is 0 Å². The first-order valence-corrected chi connectivity index (χ1v) is 8.39. The average Bonchev–Trinajstić information content (AvgIpc) is 2.46. The van der Waals surface area contributed by atoms with E-state index in [1.165, 1.54) is 18.6 Å². The number of piperidine rings is 1. The van der Waals surface area contributed by atoms with Crippen molar-refractivity contribution in [2.75, 3.05) is 19.7 Å². The quantitative estimate of drug-likeness (QED) is 0.831. The maximum absolute atomic E-state index is 13.0. The lowest BCUT2D eigenvalue weighted by atomic mass is 9.83. The number of nitrogens with zero attached hydrogens (tertiary/aromatic N) is 1. The Morgan fingerprint density at radius 1 is 1.23 bits per heavy atom. The smallest absolute Gasteiger partial charge is 0.225 e. The van der Waals surface area contributed by atoms with Crippen molar-refractivity contribution in [2.45, 2.75) is 38.5 Å². The standard InChI is InChI=1S/C18H24FNO2/c19-16-5-2-6-17(13-16)22-12-9-14-7-10-20(11-8-14)18(21)15-3-1-4-15/h2,5-6,13-15H,1,3-4,7-12H2. The normalized spacial score (nSPS) is 19.8. The molecule has 1 aromatic carbocycles. The summed E-state index contributed by atoms with van der Waals surface area (Å²) in [6, 6.07) is 6.28. The molecule has 1 saturated carbocycles. The van der Waals surface area contributed by atoms with Crippen LogP contribution in [0.25, 0.3) is 0 Å². The van der Waals surface area contributed by atoms with Crippen molar-refractivity contribution in [1.82, 2.24) is 4.90 Å². The van der Waals surface area contributed by atoms with E-state index in [0.29, 0.717) is 30.1 Å². The first kappa shape index (κ1) is 15.3. The second-order valence-electron chi connectivity index (χ2n) is 6.49. The van der Waals surface area contributed by atoms with Gasteiger partial charge in [0.15, 0.2) is 0 Å². The number of carbonyl (C=O) groups is 1. The van der Waals surface area contributed by atoms with Crippen LogP contribution in [0.5, 0.6) is 5.75 Å². The van der Waals surface area contributed by atoms with Crippen molar-refractivity contribution in [3.8, 4) is 5.75 Å². The summed E-state index contributed by atoms with van der Waals surface area (Å²) in [5, 5.41) is 0. The van der Waals surface area contributed by atoms with Crippen LogP contribution in [0.1, 0.15) is 38.5 Å². The van der Waals surface area contributed by atoms with Gasteiger partial charge in [-0.3, -0.25) is 4.79 Å². The fraction of sp³-hybridized carbons (Fsp3) is 0.611. The van der Waals surface area contributed by atoms with Gasteiger partial charge < -0.3 is 9.64 Å². The summed E-state index contributed by atoms with van der Waals surface area (Å²) in [5.41, 5.74) is 0. The predicted octanol–water partition coefficient (Wildman–Crippen LogP) is 3.63. The average molecular weight is 305 g/mol. The topological polar surface area (TPSA) is 29.5 Å². The molecule has 22 heavy (non-hydrogen) atoms. The van der Waals surface area contributed by atoms with Gasteiger partial charge in [0.25, 0.3) is 0 Å². The van der Waals surface area contributed by atoms with Crippen molar-refractivity contribution in [3.63, 3.8) is 0 Å². The number of hydrogen-bond acceptors (Lipinski definition) is 2. The Morgan fingerprint density at radius 3 is 2.64 bits per heavy atom. The van der Waals surface area contributed by atoms with Crippen LogP contribution in [0.4, 0.5) is 4.39 Å². The summed E-state index contributed by atoms with van der Waals surface area (Å²) in [6.45, 7) is 2.39. The van der Waals surface area contributed by atoms with Gasteiger partial charge in [-0.15, -0.1) is 0 Å². The third kappa shape index (κ3) is 3.79. The lowest BCUT2D eigenvalue weighted by Crippen LogP contribution is -2.43. The van der Waals surface area contributed by atoms with E-state index in [4.69, 9.17) is 4.74 Å². The van der Waals surface area contributed by atoms with E-state index in [2.05, 4.69) is 0 Å². The molecule has 0 bridgehead atoms. The number of halogens is 1. The lowest BCUT2D eigenvalue weighted by Gasteiger charge is -2.36. The second-order valence-corrected chi connectivity index (χ2v) is 6.49. The summed E-state index contributed by atoms with van der Waals surface area (Å²) >= 11 is 0. The molecule has 0 unspecified atom stereocenters. The second kappa shape index (κ2) is 7.12. The molecule has 1 heterocycles. The van der Waals surface area contributed by atoms with Gasteiger partial charge in [0, 0.05) is 25.1 Å². The summed E-state index contributed by atoms with van der Waals surface area (Å²) in [4.78, 5) is 14.2. The summed E-state index contributed by atoms with van der Waals surface area (Å²) in [6.07, 6.45) is 6.47. The minimum absolute atomic E-state index is 0.264. The first-order chi connectivity index (χ1) is 10.7. The van der Waals surface area contributed by atoms with Crippen molar-refractivity contribution >= 4 is 5.91 Å². The van der Waals surface area contributed by atoms with Gasteiger partial charge in [0.2, 0.25) is 5.91 Å². The van der Waals surface area contributed by atoms with Crippen LogP contribution in [0.3, 0.4) is 0 Å². The predicted molar refractivity (Wildman–Crippen MR) is 83.2 cm³/mol. The highest BCUT2D eigenvalue weighted by molar-refractivity contribution is 5.79. The molecule has 2 aliphatic rings. The van der Waals surface area contributed by atoms with Gasteiger partial charge >= 0.3 is 0 Å². The number of ether oxygens (including phenoxy) is 1. The molecule has 4 heteroatoms. The van der Waals surface area contributed by atoms with E-state index < -0.39 is 0 Å². The number of rotatable bonds is 5. The summed E-state index contributed by atoms with van der Waals surface area (Å²) in [5.74, 6) is 1.63. The van der Waals surface area contributed by atoms with Crippen LogP contribution in [-0.2, 0) is 4.79 Å². The fourth-order valence-electron chi connectivity index (χ4n) is 3.26. The highest BCUT2D eigenvalue weighted by Gasteiger charge is 2.31. The van der Waals surface area contributed by atoms with Crippen LogP contribution in [0.15, 0.2) is 24.3 Å². The summed E-state index contributed by atoms with van der Waals surface area (Å²) < 4.78 is 18.7.